The van der Waals surface area contributed by atoms with E-state index >= 15 is 0 Å². The molecular formula is C23H17Cl2I2N3O3. The van der Waals surface area contributed by atoms with Gasteiger partial charge in [-0.25, -0.2) is 5.43 Å². The number of hydrazone groups is 1. The molecule has 0 fully saturated rings. The summed E-state index contributed by atoms with van der Waals surface area (Å²) in [6, 6.07) is 15.7. The van der Waals surface area contributed by atoms with Crippen molar-refractivity contribution in [1.82, 2.24) is 5.43 Å². The van der Waals surface area contributed by atoms with Crippen LogP contribution < -0.4 is 15.5 Å². The van der Waals surface area contributed by atoms with Crippen LogP contribution in [0.4, 0.5) is 5.69 Å². The van der Waals surface area contributed by atoms with Crippen molar-refractivity contribution in [3.63, 3.8) is 0 Å². The van der Waals surface area contributed by atoms with E-state index in [4.69, 9.17) is 27.9 Å². The van der Waals surface area contributed by atoms with Gasteiger partial charge in [0, 0.05) is 33.8 Å². The molecule has 6 nitrogen and oxygen atoms in total. The first-order valence-corrected chi connectivity index (χ1v) is 12.4. The number of ether oxygens (including phenoxy) is 1. The van der Waals surface area contributed by atoms with Gasteiger partial charge < -0.3 is 10.1 Å². The highest BCUT2D eigenvalue weighted by molar-refractivity contribution is 14.1. The van der Waals surface area contributed by atoms with Gasteiger partial charge in [-0.05, 0) is 93.2 Å². The van der Waals surface area contributed by atoms with E-state index in [1.165, 1.54) is 6.92 Å². The molecule has 0 saturated carbocycles. The monoisotopic (exact) mass is 707 g/mol. The van der Waals surface area contributed by atoms with Crippen molar-refractivity contribution in [2.75, 3.05) is 5.32 Å². The molecule has 0 spiro atoms. The fourth-order valence-corrected chi connectivity index (χ4v) is 5.34. The molecular weight excluding hydrogens is 691 g/mol. The molecule has 0 saturated heterocycles. The minimum Gasteiger partial charge on any atom is -0.487 e. The first-order chi connectivity index (χ1) is 15.7. The second-order valence-electron chi connectivity index (χ2n) is 6.80. The molecule has 0 aliphatic rings. The molecule has 0 radical (unpaired) electrons. The predicted octanol–water partition coefficient (Wildman–Crippen LogP) is 6.50. The number of carbonyl (C=O) groups excluding carboxylic acids is 2. The van der Waals surface area contributed by atoms with Crippen molar-refractivity contribution < 1.29 is 14.3 Å². The average molecular weight is 708 g/mol. The number of carbonyl (C=O) groups is 2. The van der Waals surface area contributed by atoms with E-state index in [1.54, 1.807) is 42.6 Å². The molecule has 0 atom stereocenters. The Kier molecular flexibility index (Phi) is 9.36. The molecule has 3 aromatic rings. The van der Waals surface area contributed by atoms with Crippen LogP contribution in [0.5, 0.6) is 5.75 Å². The molecule has 3 aromatic carbocycles. The van der Waals surface area contributed by atoms with Crippen LogP contribution in [0, 0.1) is 7.14 Å². The maximum Gasteiger partial charge on any atom is 0.271 e. The van der Waals surface area contributed by atoms with Crippen molar-refractivity contribution in [1.29, 1.82) is 0 Å². The van der Waals surface area contributed by atoms with Gasteiger partial charge >= 0.3 is 0 Å². The first kappa shape index (κ1) is 25.7. The Morgan fingerprint density at radius 3 is 2.45 bits per heavy atom. The van der Waals surface area contributed by atoms with Crippen LogP contribution in [0.2, 0.25) is 10.0 Å². The van der Waals surface area contributed by atoms with Crippen molar-refractivity contribution >= 4 is 92.1 Å². The average Bonchev–Trinajstić information content (AvgIpc) is 2.74. The van der Waals surface area contributed by atoms with Gasteiger partial charge in [0.2, 0.25) is 5.91 Å². The Morgan fingerprint density at radius 2 is 1.79 bits per heavy atom. The Balaban J connectivity index is 1.64. The minimum absolute atomic E-state index is 0.210. The highest BCUT2D eigenvalue weighted by atomic mass is 127. The number of rotatable bonds is 7. The summed E-state index contributed by atoms with van der Waals surface area (Å²) in [5.74, 6) is 0.138. The molecule has 2 N–H and O–H groups in total. The summed E-state index contributed by atoms with van der Waals surface area (Å²) in [5, 5.41) is 7.81. The quantitative estimate of drug-likeness (QED) is 0.167. The number of hydrogen-bond donors (Lipinski definition) is 2. The fourth-order valence-electron chi connectivity index (χ4n) is 2.75. The third kappa shape index (κ3) is 7.56. The van der Waals surface area contributed by atoms with Crippen LogP contribution in [0.15, 0.2) is 59.7 Å². The Hall–Kier alpha value is -1.89. The largest absolute Gasteiger partial charge is 0.487 e. The van der Waals surface area contributed by atoms with Gasteiger partial charge in [0.05, 0.1) is 13.4 Å². The van der Waals surface area contributed by atoms with E-state index in [0.29, 0.717) is 27.9 Å². The van der Waals surface area contributed by atoms with Gasteiger partial charge in [0.15, 0.2) is 0 Å². The number of hydrogen-bond acceptors (Lipinski definition) is 4. The summed E-state index contributed by atoms with van der Waals surface area (Å²) in [6.07, 6.45) is 1.56. The first-order valence-electron chi connectivity index (χ1n) is 9.50. The third-order valence-electron chi connectivity index (χ3n) is 4.23. The van der Waals surface area contributed by atoms with Crippen molar-refractivity contribution in [3.05, 3.63) is 88.5 Å². The van der Waals surface area contributed by atoms with E-state index in [0.717, 1.165) is 24.0 Å². The van der Waals surface area contributed by atoms with Gasteiger partial charge in [-0.3, -0.25) is 9.59 Å². The van der Waals surface area contributed by atoms with Gasteiger partial charge in [-0.2, -0.15) is 5.10 Å². The molecule has 2 amide bonds. The Morgan fingerprint density at radius 1 is 1.06 bits per heavy atom. The number of halogens is 4. The zero-order chi connectivity index (χ0) is 24.0. The second kappa shape index (κ2) is 12.0. The van der Waals surface area contributed by atoms with Gasteiger partial charge in [0.1, 0.15) is 12.4 Å². The lowest BCUT2D eigenvalue weighted by atomic mass is 10.2. The zero-order valence-corrected chi connectivity index (χ0v) is 23.0. The third-order valence-corrected chi connectivity index (χ3v) is 6.42. The van der Waals surface area contributed by atoms with Crippen molar-refractivity contribution in [2.45, 2.75) is 13.5 Å². The predicted molar refractivity (Wildman–Crippen MR) is 148 cm³/mol. The van der Waals surface area contributed by atoms with Crippen LogP contribution in [0.3, 0.4) is 0 Å². The molecule has 0 unspecified atom stereocenters. The lowest BCUT2D eigenvalue weighted by Gasteiger charge is -2.12. The molecule has 33 heavy (non-hydrogen) atoms. The maximum absolute atomic E-state index is 12.3. The summed E-state index contributed by atoms with van der Waals surface area (Å²) in [4.78, 5) is 23.5. The number of benzene rings is 3. The lowest BCUT2D eigenvalue weighted by molar-refractivity contribution is -0.114. The standard InChI is InChI=1S/C23H17Cl2I2N3O3/c1-13(31)29-18-4-2-3-15(9-18)23(32)30-28-11-14-7-20(26)22(21(27)8-14)33-12-16-5-6-17(24)10-19(16)25/h2-11H,12H2,1H3,(H,29,31)(H,30,32)/b28-11-. The summed E-state index contributed by atoms with van der Waals surface area (Å²) in [5.41, 5.74) is 5.05. The molecule has 0 heterocycles. The normalized spacial score (nSPS) is 10.8. The van der Waals surface area contributed by atoms with E-state index in [2.05, 4.69) is 61.0 Å². The molecule has 10 heteroatoms. The second-order valence-corrected chi connectivity index (χ2v) is 9.97. The van der Waals surface area contributed by atoms with Crippen molar-refractivity contribution in [2.24, 2.45) is 5.10 Å². The van der Waals surface area contributed by atoms with Crippen LogP contribution in [0.25, 0.3) is 0 Å². The van der Waals surface area contributed by atoms with Gasteiger partial charge in [-0.1, -0.05) is 35.3 Å². The zero-order valence-electron chi connectivity index (χ0n) is 17.2. The highest BCUT2D eigenvalue weighted by Crippen LogP contribution is 2.30. The molecule has 3 rings (SSSR count). The summed E-state index contributed by atoms with van der Waals surface area (Å²) >= 11 is 16.5. The number of nitrogens with zero attached hydrogens (tertiary/aromatic N) is 1. The van der Waals surface area contributed by atoms with Crippen LogP contribution in [0.1, 0.15) is 28.4 Å². The number of anilines is 1. The van der Waals surface area contributed by atoms with E-state index < -0.39 is 0 Å². The van der Waals surface area contributed by atoms with E-state index in [1.807, 2.05) is 18.2 Å². The molecule has 0 bridgehead atoms. The van der Waals surface area contributed by atoms with Crippen LogP contribution in [-0.2, 0) is 11.4 Å². The summed E-state index contributed by atoms with van der Waals surface area (Å²) in [6.45, 7) is 1.71. The molecule has 0 aromatic heterocycles. The van der Waals surface area contributed by atoms with Gasteiger partial charge in [0.25, 0.3) is 5.91 Å². The highest BCUT2D eigenvalue weighted by Gasteiger charge is 2.11. The van der Waals surface area contributed by atoms with Gasteiger partial charge in [-0.15, -0.1) is 0 Å². The fraction of sp³-hybridized carbons (Fsp3) is 0.0870. The SMILES string of the molecule is CC(=O)Nc1cccc(C(=O)N/N=C\c2cc(I)c(OCc3ccc(Cl)cc3Cl)c(I)c2)c1. The molecule has 0 aliphatic heterocycles. The number of nitrogens with one attached hydrogen (secondary N) is 2. The summed E-state index contributed by atoms with van der Waals surface area (Å²) < 4.78 is 7.76. The van der Waals surface area contributed by atoms with Crippen LogP contribution in [-0.4, -0.2) is 18.0 Å². The lowest BCUT2D eigenvalue weighted by Crippen LogP contribution is -2.18. The van der Waals surface area contributed by atoms with E-state index in [9.17, 15) is 9.59 Å². The Bertz CT molecular complexity index is 1210. The molecule has 170 valence electrons. The minimum atomic E-state index is -0.386. The topological polar surface area (TPSA) is 79.8 Å². The molecule has 0 aliphatic carbocycles. The number of amides is 2. The summed E-state index contributed by atoms with van der Waals surface area (Å²) in [7, 11) is 0. The smallest absolute Gasteiger partial charge is 0.271 e. The van der Waals surface area contributed by atoms with Crippen LogP contribution >= 0.6 is 68.4 Å². The van der Waals surface area contributed by atoms with E-state index in [-0.39, 0.29) is 11.8 Å². The maximum atomic E-state index is 12.3. The Labute approximate surface area is 228 Å². The van der Waals surface area contributed by atoms with Crippen molar-refractivity contribution in [3.8, 4) is 5.75 Å².